The van der Waals surface area contributed by atoms with Gasteiger partial charge < -0.3 is 24.3 Å². The third-order valence-corrected chi connectivity index (χ3v) is 6.04. The van der Waals surface area contributed by atoms with Gasteiger partial charge in [-0.3, -0.25) is 4.79 Å². The zero-order valence-corrected chi connectivity index (χ0v) is 18.9. The van der Waals surface area contributed by atoms with Crippen LogP contribution < -0.4 is 15.0 Å². The SMILES string of the molecule is CCN1CCN(c2ccccc2NC(=O)CSc2nnc(COc3ccccc3)o2)CC1. The molecule has 1 aliphatic heterocycles. The molecule has 2 heterocycles. The first-order valence-electron chi connectivity index (χ1n) is 10.7. The van der Waals surface area contributed by atoms with E-state index in [9.17, 15) is 4.79 Å². The molecule has 8 nitrogen and oxygen atoms in total. The molecule has 1 aliphatic rings. The van der Waals surface area contributed by atoms with Gasteiger partial charge in [-0.2, -0.15) is 0 Å². The summed E-state index contributed by atoms with van der Waals surface area (Å²) in [5, 5.41) is 11.3. The number of likely N-dealkylation sites (N-methyl/N-ethyl adjacent to an activating group) is 1. The molecule has 0 bridgehead atoms. The van der Waals surface area contributed by atoms with Crippen LogP contribution in [-0.4, -0.2) is 59.5 Å². The number of para-hydroxylation sites is 3. The van der Waals surface area contributed by atoms with Crippen LogP contribution in [0.3, 0.4) is 0 Å². The van der Waals surface area contributed by atoms with Crippen molar-refractivity contribution in [3.05, 3.63) is 60.5 Å². The van der Waals surface area contributed by atoms with Gasteiger partial charge in [0.1, 0.15) is 5.75 Å². The lowest BCUT2D eigenvalue weighted by molar-refractivity contribution is -0.113. The first kappa shape index (κ1) is 22.2. The van der Waals surface area contributed by atoms with Crippen molar-refractivity contribution in [3.63, 3.8) is 0 Å². The van der Waals surface area contributed by atoms with E-state index >= 15 is 0 Å². The van der Waals surface area contributed by atoms with Crippen LogP contribution in [0.25, 0.3) is 0 Å². The van der Waals surface area contributed by atoms with E-state index in [1.54, 1.807) is 0 Å². The van der Waals surface area contributed by atoms with Crippen LogP contribution in [0.15, 0.2) is 64.2 Å². The summed E-state index contributed by atoms with van der Waals surface area (Å²) in [7, 11) is 0. The van der Waals surface area contributed by atoms with Gasteiger partial charge in [0, 0.05) is 26.2 Å². The molecule has 0 atom stereocenters. The minimum absolute atomic E-state index is 0.116. The number of benzene rings is 2. The summed E-state index contributed by atoms with van der Waals surface area (Å²) in [4.78, 5) is 17.3. The van der Waals surface area contributed by atoms with Gasteiger partial charge >= 0.3 is 0 Å². The minimum Gasteiger partial charge on any atom is -0.484 e. The first-order valence-corrected chi connectivity index (χ1v) is 11.7. The molecule has 0 unspecified atom stereocenters. The Morgan fingerprint density at radius 2 is 1.81 bits per heavy atom. The number of carbonyl (C=O) groups is 1. The standard InChI is InChI=1S/C23H27N5O3S/c1-2-27-12-14-28(15-13-27)20-11-7-6-10-19(20)24-21(29)17-32-23-26-25-22(31-23)16-30-18-8-4-3-5-9-18/h3-11H,2,12-17H2,1H3,(H,24,29). The van der Waals surface area contributed by atoms with Crippen LogP contribution in [0, 0.1) is 0 Å². The van der Waals surface area contributed by atoms with Crippen LogP contribution in [0.5, 0.6) is 5.75 Å². The first-order chi connectivity index (χ1) is 15.7. The quantitative estimate of drug-likeness (QED) is 0.493. The largest absolute Gasteiger partial charge is 0.484 e. The van der Waals surface area contributed by atoms with E-state index in [0.717, 1.165) is 49.8 Å². The van der Waals surface area contributed by atoms with E-state index in [1.807, 2.05) is 48.5 Å². The van der Waals surface area contributed by atoms with Crippen molar-refractivity contribution in [3.8, 4) is 5.75 Å². The second-order valence-electron chi connectivity index (χ2n) is 7.34. The predicted octanol–water partition coefficient (Wildman–Crippen LogP) is 3.52. The number of piperazine rings is 1. The molecule has 1 fully saturated rings. The predicted molar refractivity (Wildman–Crippen MR) is 125 cm³/mol. The fourth-order valence-corrected chi connectivity index (χ4v) is 4.07. The van der Waals surface area contributed by atoms with E-state index < -0.39 is 0 Å². The lowest BCUT2D eigenvalue weighted by Gasteiger charge is -2.36. The van der Waals surface area contributed by atoms with Crippen molar-refractivity contribution in [1.82, 2.24) is 15.1 Å². The van der Waals surface area contributed by atoms with Gasteiger partial charge in [0.25, 0.3) is 11.1 Å². The number of rotatable bonds is 9. The molecule has 1 N–H and O–H groups in total. The Hall–Kier alpha value is -3.04. The molecule has 0 aliphatic carbocycles. The zero-order chi connectivity index (χ0) is 22.2. The maximum absolute atomic E-state index is 12.6. The molecular weight excluding hydrogens is 426 g/mol. The van der Waals surface area contributed by atoms with Crippen LogP contribution in [-0.2, 0) is 11.4 Å². The summed E-state index contributed by atoms with van der Waals surface area (Å²) in [5.74, 6) is 1.16. The lowest BCUT2D eigenvalue weighted by atomic mass is 10.2. The maximum atomic E-state index is 12.6. The molecule has 0 saturated carbocycles. The Morgan fingerprint density at radius 3 is 2.59 bits per heavy atom. The highest BCUT2D eigenvalue weighted by molar-refractivity contribution is 7.99. The average Bonchev–Trinajstić information content (AvgIpc) is 3.30. The molecule has 4 rings (SSSR count). The molecule has 0 radical (unpaired) electrons. The van der Waals surface area contributed by atoms with E-state index in [-0.39, 0.29) is 18.3 Å². The second-order valence-corrected chi connectivity index (χ2v) is 8.27. The summed E-state index contributed by atoms with van der Waals surface area (Å²) in [6, 6.07) is 17.4. The van der Waals surface area contributed by atoms with Crippen LogP contribution in [0.2, 0.25) is 0 Å². The number of hydrogen-bond donors (Lipinski definition) is 1. The van der Waals surface area contributed by atoms with Crippen molar-refractivity contribution >= 4 is 29.0 Å². The van der Waals surface area contributed by atoms with Gasteiger partial charge in [-0.05, 0) is 30.8 Å². The van der Waals surface area contributed by atoms with Gasteiger partial charge in [0.05, 0.1) is 17.1 Å². The smallest absolute Gasteiger partial charge is 0.277 e. The molecule has 9 heteroatoms. The fraction of sp³-hybridized carbons (Fsp3) is 0.348. The second kappa shape index (κ2) is 11.0. The summed E-state index contributed by atoms with van der Waals surface area (Å²) in [6.07, 6.45) is 0. The normalized spacial score (nSPS) is 14.3. The number of thioether (sulfide) groups is 1. The van der Waals surface area contributed by atoms with Crippen molar-refractivity contribution in [2.75, 3.05) is 48.7 Å². The van der Waals surface area contributed by atoms with E-state index in [2.05, 4.69) is 38.3 Å². The Morgan fingerprint density at radius 1 is 1.06 bits per heavy atom. The fourth-order valence-electron chi connectivity index (χ4n) is 3.49. The Bertz CT molecular complexity index is 1010. The monoisotopic (exact) mass is 453 g/mol. The van der Waals surface area contributed by atoms with Gasteiger partial charge in [-0.1, -0.05) is 49.0 Å². The highest BCUT2D eigenvalue weighted by Gasteiger charge is 2.19. The third-order valence-electron chi connectivity index (χ3n) is 5.22. The lowest BCUT2D eigenvalue weighted by Crippen LogP contribution is -2.46. The molecule has 2 aromatic carbocycles. The highest BCUT2D eigenvalue weighted by atomic mass is 32.2. The van der Waals surface area contributed by atoms with Crippen LogP contribution >= 0.6 is 11.8 Å². The number of aromatic nitrogens is 2. The van der Waals surface area contributed by atoms with Gasteiger partial charge in [-0.25, -0.2) is 0 Å². The number of nitrogens with zero attached hydrogens (tertiary/aromatic N) is 4. The van der Waals surface area contributed by atoms with Gasteiger partial charge in [0.2, 0.25) is 5.91 Å². The minimum atomic E-state index is -0.116. The van der Waals surface area contributed by atoms with Gasteiger partial charge in [0.15, 0.2) is 6.61 Å². The highest BCUT2D eigenvalue weighted by Crippen LogP contribution is 2.27. The Balaban J connectivity index is 1.27. The Kier molecular flexibility index (Phi) is 7.63. The topological polar surface area (TPSA) is 83.7 Å². The number of nitrogens with one attached hydrogen (secondary N) is 1. The summed E-state index contributed by atoms with van der Waals surface area (Å²) < 4.78 is 11.2. The summed E-state index contributed by atoms with van der Waals surface area (Å²) in [6.45, 7) is 7.40. The van der Waals surface area contributed by atoms with E-state index in [1.165, 1.54) is 11.8 Å². The molecule has 1 amide bonds. The van der Waals surface area contributed by atoms with Crippen molar-refractivity contribution in [1.29, 1.82) is 0 Å². The molecule has 3 aromatic rings. The number of ether oxygens (including phenoxy) is 1. The molecule has 0 spiro atoms. The molecular formula is C23H27N5O3S. The zero-order valence-electron chi connectivity index (χ0n) is 18.1. The molecule has 1 saturated heterocycles. The number of anilines is 2. The molecule has 32 heavy (non-hydrogen) atoms. The van der Waals surface area contributed by atoms with Crippen LogP contribution in [0.1, 0.15) is 12.8 Å². The molecule has 1 aromatic heterocycles. The summed E-state index contributed by atoms with van der Waals surface area (Å²) >= 11 is 1.21. The van der Waals surface area contributed by atoms with Crippen molar-refractivity contribution in [2.24, 2.45) is 0 Å². The number of carbonyl (C=O) groups excluding carboxylic acids is 1. The van der Waals surface area contributed by atoms with Gasteiger partial charge in [-0.15, -0.1) is 10.2 Å². The van der Waals surface area contributed by atoms with E-state index in [0.29, 0.717) is 11.1 Å². The number of amides is 1. The molecule has 168 valence electrons. The summed E-state index contributed by atoms with van der Waals surface area (Å²) in [5.41, 5.74) is 1.88. The average molecular weight is 454 g/mol. The third kappa shape index (κ3) is 6.02. The maximum Gasteiger partial charge on any atom is 0.277 e. The number of hydrogen-bond acceptors (Lipinski definition) is 8. The van der Waals surface area contributed by atoms with Crippen LogP contribution in [0.4, 0.5) is 11.4 Å². The van der Waals surface area contributed by atoms with Crippen molar-refractivity contribution in [2.45, 2.75) is 18.8 Å². The van der Waals surface area contributed by atoms with Crippen molar-refractivity contribution < 1.29 is 13.9 Å². The Labute approximate surface area is 191 Å². The van der Waals surface area contributed by atoms with E-state index in [4.69, 9.17) is 9.15 Å².